The molecule has 0 aromatic rings. The predicted molar refractivity (Wildman–Crippen MR) is 65.0 cm³/mol. The van der Waals surface area contributed by atoms with E-state index in [1.807, 2.05) is 13.8 Å². The quantitative estimate of drug-likeness (QED) is 0.730. The minimum Gasteiger partial charge on any atom is -0.394 e. The lowest BCUT2D eigenvalue weighted by molar-refractivity contribution is -0.122. The number of nitrogens with one attached hydrogen (secondary N) is 1. The zero-order chi connectivity index (χ0) is 12.0. The van der Waals surface area contributed by atoms with Crippen molar-refractivity contribution in [1.82, 2.24) is 5.32 Å². The summed E-state index contributed by atoms with van der Waals surface area (Å²) in [6, 6.07) is -0.0870. The van der Waals surface area contributed by atoms with Gasteiger partial charge in [0, 0.05) is 6.42 Å². The molecule has 0 bridgehead atoms. The van der Waals surface area contributed by atoms with E-state index >= 15 is 0 Å². The van der Waals surface area contributed by atoms with Crippen LogP contribution in [-0.2, 0) is 4.79 Å². The summed E-state index contributed by atoms with van der Waals surface area (Å²) >= 11 is 0. The third-order valence-electron chi connectivity index (χ3n) is 3.60. The summed E-state index contributed by atoms with van der Waals surface area (Å²) in [5.41, 5.74) is 0. The largest absolute Gasteiger partial charge is 0.394 e. The van der Waals surface area contributed by atoms with Gasteiger partial charge in [0.1, 0.15) is 0 Å². The topological polar surface area (TPSA) is 49.3 Å². The van der Waals surface area contributed by atoms with Crippen molar-refractivity contribution in [1.29, 1.82) is 0 Å². The van der Waals surface area contributed by atoms with Crippen LogP contribution < -0.4 is 5.32 Å². The van der Waals surface area contributed by atoms with Crippen molar-refractivity contribution >= 4 is 5.91 Å². The van der Waals surface area contributed by atoms with Gasteiger partial charge in [0.2, 0.25) is 5.91 Å². The van der Waals surface area contributed by atoms with Crippen LogP contribution in [0, 0.1) is 11.8 Å². The van der Waals surface area contributed by atoms with E-state index in [9.17, 15) is 4.79 Å². The highest BCUT2D eigenvalue weighted by atomic mass is 16.3. The standard InChI is InChI=1S/C13H25NO2/c1-10(2)12(9-15)14-13(16)8-7-11-5-3-4-6-11/h10-12,15H,3-9H2,1-2H3,(H,14,16). The second-order valence-electron chi connectivity index (χ2n) is 5.29. The maximum absolute atomic E-state index is 11.7. The van der Waals surface area contributed by atoms with E-state index < -0.39 is 0 Å². The van der Waals surface area contributed by atoms with Gasteiger partial charge >= 0.3 is 0 Å². The summed E-state index contributed by atoms with van der Waals surface area (Å²) in [4.78, 5) is 11.7. The SMILES string of the molecule is CC(C)C(CO)NC(=O)CCC1CCCC1. The molecule has 1 rings (SSSR count). The Hall–Kier alpha value is -0.570. The Labute approximate surface area is 98.6 Å². The van der Waals surface area contributed by atoms with Gasteiger partial charge < -0.3 is 10.4 Å². The molecule has 1 saturated carbocycles. The van der Waals surface area contributed by atoms with Gasteiger partial charge in [-0.2, -0.15) is 0 Å². The van der Waals surface area contributed by atoms with Crippen LogP contribution in [0.4, 0.5) is 0 Å². The Morgan fingerprint density at radius 1 is 1.38 bits per heavy atom. The van der Waals surface area contributed by atoms with Crippen molar-refractivity contribution in [2.45, 2.75) is 58.4 Å². The van der Waals surface area contributed by atoms with Gasteiger partial charge in [-0.15, -0.1) is 0 Å². The molecule has 0 heterocycles. The van der Waals surface area contributed by atoms with E-state index in [4.69, 9.17) is 5.11 Å². The number of amides is 1. The molecule has 0 radical (unpaired) electrons. The third-order valence-corrected chi connectivity index (χ3v) is 3.60. The number of hydrogen-bond acceptors (Lipinski definition) is 2. The van der Waals surface area contributed by atoms with Crippen LogP contribution in [0.2, 0.25) is 0 Å². The van der Waals surface area contributed by atoms with Gasteiger partial charge in [0.25, 0.3) is 0 Å². The first-order chi connectivity index (χ1) is 7.63. The Bertz CT molecular complexity index is 210. The molecule has 0 aromatic carbocycles. The molecule has 1 atom stereocenters. The van der Waals surface area contributed by atoms with Crippen molar-refractivity contribution in [3.63, 3.8) is 0 Å². The molecular formula is C13H25NO2. The lowest BCUT2D eigenvalue weighted by Crippen LogP contribution is -2.41. The second kappa shape index (κ2) is 6.89. The molecule has 0 aliphatic heterocycles. The minimum atomic E-state index is -0.0870. The highest BCUT2D eigenvalue weighted by molar-refractivity contribution is 5.76. The zero-order valence-corrected chi connectivity index (χ0v) is 10.5. The third kappa shape index (κ3) is 4.52. The number of carbonyl (C=O) groups excluding carboxylic acids is 1. The van der Waals surface area contributed by atoms with E-state index in [1.54, 1.807) is 0 Å². The van der Waals surface area contributed by atoms with E-state index in [2.05, 4.69) is 5.32 Å². The van der Waals surface area contributed by atoms with Gasteiger partial charge in [0.15, 0.2) is 0 Å². The first kappa shape index (κ1) is 13.5. The summed E-state index contributed by atoms with van der Waals surface area (Å²) in [7, 11) is 0. The summed E-state index contributed by atoms with van der Waals surface area (Å²) < 4.78 is 0. The monoisotopic (exact) mass is 227 g/mol. The van der Waals surface area contributed by atoms with Crippen molar-refractivity contribution in [2.75, 3.05) is 6.61 Å². The van der Waals surface area contributed by atoms with Crippen LogP contribution in [0.5, 0.6) is 0 Å². The average molecular weight is 227 g/mol. The van der Waals surface area contributed by atoms with Crippen LogP contribution in [0.15, 0.2) is 0 Å². The number of carbonyl (C=O) groups is 1. The molecule has 94 valence electrons. The van der Waals surface area contributed by atoms with E-state index in [0.717, 1.165) is 12.3 Å². The molecule has 1 unspecified atom stereocenters. The number of aliphatic hydroxyl groups is 1. The Morgan fingerprint density at radius 3 is 2.50 bits per heavy atom. The summed E-state index contributed by atoms with van der Waals surface area (Å²) in [5, 5.41) is 12.0. The molecule has 1 amide bonds. The Morgan fingerprint density at radius 2 is 2.00 bits per heavy atom. The normalized spacial score (nSPS) is 19.0. The molecule has 1 aliphatic rings. The van der Waals surface area contributed by atoms with E-state index in [0.29, 0.717) is 12.3 Å². The molecule has 1 aliphatic carbocycles. The molecular weight excluding hydrogens is 202 g/mol. The Kier molecular flexibility index (Phi) is 5.81. The molecule has 0 saturated heterocycles. The van der Waals surface area contributed by atoms with Crippen LogP contribution in [0.25, 0.3) is 0 Å². The average Bonchev–Trinajstić information content (AvgIpc) is 2.75. The van der Waals surface area contributed by atoms with E-state index in [1.165, 1.54) is 25.7 Å². The van der Waals surface area contributed by atoms with Crippen molar-refractivity contribution in [2.24, 2.45) is 11.8 Å². The molecule has 3 nitrogen and oxygen atoms in total. The van der Waals surface area contributed by atoms with Gasteiger partial charge in [-0.1, -0.05) is 39.5 Å². The Balaban J connectivity index is 2.18. The van der Waals surface area contributed by atoms with Crippen molar-refractivity contribution in [3.05, 3.63) is 0 Å². The van der Waals surface area contributed by atoms with Gasteiger partial charge in [-0.05, 0) is 18.3 Å². The van der Waals surface area contributed by atoms with Crippen LogP contribution in [0.3, 0.4) is 0 Å². The highest BCUT2D eigenvalue weighted by Crippen LogP contribution is 2.28. The fourth-order valence-corrected chi connectivity index (χ4v) is 2.34. The number of rotatable bonds is 6. The number of hydrogen-bond donors (Lipinski definition) is 2. The van der Waals surface area contributed by atoms with Crippen molar-refractivity contribution in [3.8, 4) is 0 Å². The lowest BCUT2D eigenvalue weighted by atomic mass is 10.0. The van der Waals surface area contributed by atoms with Crippen LogP contribution >= 0.6 is 0 Å². The molecule has 0 spiro atoms. The minimum absolute atomic E-state index is 0.0346. The van der Waals surface area contributed by atoms with Gasteiger partial charge in [-0.25, -0.2) is 0 Å². The van der Waals surface area contributed by atoms with Crippen LogP contribution in [-0.4, -0.2) is 23.7 Å². The van der Waals surface area contributed by atoms with E-state index in [-0.39, 0.29) is 18.6 Å². The predicted octanol–water partition coefficient (Wildman–Crippen LogP) is 2.09. The number of aliphatic hydroxyl groups excluding tert-OH is 1. The maximum Gasteiger partial charge on any atom is 0.220 e. The molecule has 16 heavy (non-hydrogen) atoms. The molecule has 0 aromatic heterocycles. The first-order valence-electron chi connectivity index (χ1n) is 6.53. The van der Waals surface area contributed by atoms with Crippen LogP contribution in [0.1, 0.15) is 52.4 Å². The first-order valence-corrected chi connectivity index (χ1v) is 6.53. The summed E-state index contributed by atoms with van der Waals surface area (Å²) in [6.45, 7) is 4.06. The summed E-state index contributed by atoms with van der Waals surface area (Å²) in [5.74, 6) is 1.15. The highest BCUT2D eigenvalue weighted by Gasteiger charge is 2.18. The van der Waals surface area contributed by atoms with Gasteiger partial charge in [0.05, 0.1) is 12.6 Å². The van der Waals surface area contributed by atoms with Gasteiger partial charge in [-0.3, -0.25) is 4.79 Å². The molecule has 2 N–H and O–H groups in total. The molecule has 3 heteroatoms. The smallest absolute Gasteiger partial charge is 0.220 e. The molecule has 1 fully saturated rings. The fourth-order valence-electron chi connectivity index (χ4n) is 2.34. The van der Waals surface area contributed by atoms with Crippen molar-refractivity contribution < 1.29 is 9.90 Å². The second-order valence-corrected chi connectivity index (χ2v) is 5.29. The lowest BCUT2D eigenvalue weighted by Gasteiger charge is -2.20. The summed E-state index contributed by atoms with van der Waals surface area (Å²) in [6.07, 6.45) is 6.88. The fraction of sp³-hybridized carbons (Fsp3) is 0.923. The zero-order valence-electron chi connectivity index (χ0n) is 10.5. The maximum atomic E-state index is 11.7.